The van der Waals surface area contributed by atoms with Gasteiger partial charge in [-0.3, -0.25) is 4.79 Å². The number of anilines is 1. The van der Waals surface area contributed by atoms with Gasteiger partial charge in [-0.25, -0.2) is 0 Å². The van der Waals surface area contributed by atoms with Crippen molar-refractivity contribution in [2.45, 2.75) is 0 Å². The maximum absolute atomic E-state index is 12.3. The summed E-state index contributed by atoms with van der Waals surface area (Å²) in [5.74, 6) is 1.64. The second-order valence-corrected chi connectivity index (χ2v) is 5.65. The highest BCUT2D eigenvalue weighted by atomic mass is 35.5. The van der Waals surface area contributed by atoms with Gasteiger partial charge in [0.2, 0.25) is 0 Å². The zero-order valence-corrected chi connectivity index (χ0v) is 14.3. The van der Waals surface area contributed by atoms with Crippen LogP contribution in [0.4, 0.5) is 5.69 Å². The molecule has 126 valence electrons. The summed E-state index contributed by atoms with van der Waals surface area (Å²) in [6, 6.07) is 21.3. The van der Waals surface area contributed by atoms with Crippen molar-refractivity contribution in [3.05, 3.63) is 83.4 Å². The van der Waals surface area contributed by atoms with E-state index >= 15 is 0 Å². The highest BCUT2D eigenvalue weighted by Crippen LogP contribution is 2.29. The van der Waals surface area contributed by atoms with E-state index in [0.29, 0.717) is 33.5 Å². The van der Waals surface area contributed by atoms with Crippen LogP contribution in [0.3, 0.4) is 0 Å². The van der Waals surface area contributed by atoms with Crippen molar-refractivity contribution in [3.63, 3.8) is 0 Å². The van der Waals surface area contributed by atoms with Gasteiger partial charge in [-0.05, 0) is 54.6 Å². The number of carbonyl (C=O) groups is 1. The smallest absolute Gasteiger partial charge is 0.255 e. The van der Waals surface area contributed by atoms with Crippen LogP contribution in [0.15, 0.2) is 72.8 Å². The molecule has 0 fully saturated rings. The van der Waals surface area contributed by atoms with E-state index in [-0.39, 0.29) is 5.91 Å². The lowest BCUT2D eigenvalue weighted by Gasteiger charge is -2.09. The van der Waals surface area contributed by atoms with E-state index in [4.69, 9.17) is 21.1 Å². The molecule has 0 spiro atoms. The molecule has 0 radical (unpaired) electrons. The van der Waals surface area contributed by atoms with Crippen LogP contribution in [0.1, 0.15) is 10.4 Å². The Hall–Kier alpha value is -2.98. The maximum atomic E-state index is 12.3. The molecule has 25 heavy (non-hydrogen) atoms. The molecular weight excluding hydrogens is 338 g/mol. The summed E-state index contributed by atoms with van der Waals surface area (Å²) in [7, 11) is 1.56. The number of rotatable bonds is 5. The van der Waals surface area contributed by atoms with Gasteiger partial charge in [0, 0.05) is 11.3 Å². The topological polar surface area (TPSA) is 47.6 Å². The number of halogens is 1. The molecule has 0 unspecified atom stereocenters. The Morgan fingerprint density at radius 2 is 1.68 bits per heavy atom. The van der Waals surface area contributed by atoms with Crippen molar-refractivity contribution in [3.8, 4) is 17.2 Å². The fourth-order valence-corrected chi connectivity index (χ4v) is 2.40. The maximum Gasteiger partial charge on any atom is 0.255 e. The highest BCUT2D eigenvalue weighted by molar-refractivity contribution is 6.32. The average molecular weight is 354 g/mol. The molecule has 4 nitrogen and oxygen atoms in total. The Morgan fingerprint density at radius 3 is 2.40 bits per heavy atom. The van der Waals surface area contributed by atoms with Crippen LogP contribution in [0, 0.1) is 0 Å². The first-order chi connectivity index (χ1) is 12.2. The van der Waals surface area contributed by atoms with Crippen molar-refractivity contribution >= 4 is 23.2 Å². The molecule has 3 aromatic carbocycles. The number of benzene rings is 3. The fourth-order valence-electron chi connectivity index (χ4n) is 2.23. The van der Waals surface area contributed by atoms with E-state index < -0.39 is 0 Å². The summed E-state index contributed by atoms with van der Waals surface area (Å²) < 4.78 is 10.9. The SMILES string of the molecule is COc1cccc(C(=O)Nc2ccc(Oc3ccccc3Cl)cc2)c1. The monoisotopic (exact) mass is 353 g/mol. The third-order valence-electron chi connectivity index (χ3n) is 3.51. The van der Waals surface area contributed by atoms with E-state index in [9.17, 15) is 4.79 Å². The lowest BCUT2D eigenvalue weighted by Crippen LogP contribution is -2.11. The summed E-state index contributed by atoms with van der Waals surface area (Å²) in [5, 5.41) is 3.38. The predicted molar refractivity (Wildman–Crippen MR) is 98.9 cm³/mol. The van der Waals surface area contributed by atoms with Crippen molar-refractivity contribution in [2.24, 2.45) is 0 Å². The zero-order chi connectivity index (χ0) is 17.6. The molecule has 1 amide bonds. The molecule has 0 aliphatic carbocycles. The van der Waals surface area contributed by atoms with E-state index in [1.807, 2.05) is 12.1 Å². The predicted octanol–water partition coefficient (Wildman–Crippen LogP) is 5.39. The third kappa shape index (κ3) is 4.31. The molecule has 3 aromatic rings. The Bertz CT molecular complexity index is 878. The van der Waals surface area contributed by atoms with Crippen molar-refractivity contribution < 1.29 is 14.3 Å². The minimum Gasteiger partial charge on any atom is -0.497 e. The van der Waals surface area contributed by atoms with Crippen LogP contribution in [0.2, 0.25) is 5.02 Å². The van der Waals surface area contributed by atoms with Crippen LogP contribution < -0.4 is 14.8 Å². The molecule has 1 N–H and O–H groups in total. The van der Waals surface area contributed by atoms with Gasteiger partial charge in [-0.15, -0.1) is 0 Å². The molecule has 5 heteroatoms. The Morgan fingerprint density at radius 1 is 0.920 bits per heavy atom. The summed E-state index contributed by atoms with van der Waals surface area (Å²) in [4.78, 5) is 12.3. The number of methoxy groups -OCH3 is 1. The molecule has 0 aliphatic rings. The molecule has 0 aromatic heterocycles. The van der Waals surface area contributed by atoms with Gasteiger partial charge in [-0.1, -0.05) is 29.8 Å². The van der Waals surface area contributed by atoms with Crippen molar-refractivity contribution in [2.75, 3.05) is 12.4 Å². The molecule has 0 saturated carbocycles. The van der Waals surface area contributed by atoms with Crippen molar-refractivity contribution in [1.29, 1.82) is 0 Å². The lowest BCUT2D eigenvalue weighted by molar-refractivity contribution is 0.102. The molecule has 0 saturated heterocycles. The van der Waals surface area contributed by atoms with Gasteiger partial charge >= 0.3 is 0 Å². The molecule has 0 heterocycles. The fraction of sp³-hybridized carbons (Fsp3) is 0.0500. The quantitative estimate of drug-likeness (QED) is 0.668. The number of hydrogen-bond acceptors (Lipinski definition) is 3. The van der Waals surface area contributed by atoms with Crippen LogP contribution in [-0.2, 0) is 0 Å². The normalized spacial score (nSPS) is 10.2. The summed E-state index contributed by atoms with van der Waals surface area (Å²) in [6.45, 7) is 0. The zero-order valence-electron chi connectivity index (χ0n) is 13.5. The standard InChI is InChI=1S/C20H16ClNO3/c1-24-17-6-4-5-14(13-17)20(23)22-15-9-11-16(12-10-15)25-19-8-3-2-7-18(19)21/h2-13H,1H3,(H,22,23). The molecular formula is C20H16ClNO3. The number of nitrogens with one attached hydrogen (secondary N) is 1. The Labute approximate surface area is 151 Å². The highest BCUT2D eigenvalue weighted by Gasteiger charge is 2.08. The number of para-hydroxylation sites is 1. The first-order valence-electron chi connectivity index (χ1n) is 7.63. The van der Waals surface area contributed by atoms with E-state index in [1.54, 1.807) is 67.8 Å². The lowest BCUT2D eigenvalue weighted by atomic mass is 10.2. The van der Waals surface area contributed by atoms with Gasteiger partial charge in [0.25, 0.3) is 5.91 Å². The van der Waals surface area contributed by atoms with E-state index in [2.05, 4.69) is 5.32 Å². The van der Waals surface area contributed by atoms with Gasteiger partial charge in [0.15, 0.2) is 0 Å². The molecule has 0 atom stereocenters. The average Bonchev–Trinajstić information content (AvgIpc) is 2.65. The van der Waals surface area contributed by atoms with Gasteiger partial charge in [0.05, 0.1) is 12.1 Å². The molecule has 3 rings (SSSR count). The van der Waals surface area contributed by atoms with Gasteiger partial charge in [0.1, 0.15) is 17.2 Å². The van der Waals surface area contributed by atoms with Crippen LogP contribution in [0.25, 0.3) is 0 Å². The van der Waals surface area contributed by atoms with E-state index in [1.165, 1.54) is 0 Å². The second-order valence-electron chi connectivity index (χ2n) is 5.24. The van der Waals surface area contributed by atoms with Crippen molar-refractivity contribution in [1.82, 2.24) is 0 Å². The number of carbonyl (C=O) groups excluding carboxylic acids is 1. The molecule has 0 aliphatic heterocycles. The first kappa shape index (κ1) is 16.9. The van der Waals surface area contributed by atoms with E-state index in [0.717, 1.165) is 0 Å². The third-order valence-corrected chi connectivity index (χ3v) is 3.82. The number of amides is 1. The van der Waals surface area contributed by atoms with Crippen LogP contribution in [-0.4, -0.2) is 13.0 Å². The molecule has 0 bridgehead atoms. The minimum atomic E-state index is -0.210. The Balaban J connectivity index is 1.68. The van der Waals surface area contributed by atoms with Gasteiger partial charge in [-0.2, -0.15) is 0 Å². The summed E-state index contributed by atoms with van der Waals surface area (Å²) in [6.07, 6.45) is 0. The first-order valence-corrected chi connectivity index (χ1v) is 8.01. The number of ether oxygens (including phenoxy) is 2. The summed E-state index contributed by atoms with van der Waals surface area (Å²) in [5.41, 5.74) is 1.19. The largest absolute Gasteiger partial charge is 0.497 e. The van der Waals surface area contributed by atoms with Gasteiger partial charge < -0.3 is 14.8 Å². The minimum absolute atomic E-state index is 0.210. The van der Waals surface area contributed by atoms with Crippen LogP contribution in [0.5, 0.6) is 17.2 Å². The number of hydrogen-bond donors (Lipinski definition) is 1. The van der Waals surface area contributed by atoms with Crippen LogP contribution >= 0.6 is 11.6 Å². The Kier molecular flexibility index (Phi) is 5.21. The second kappa shape index (κ2) is 7.73. The summed E-state index contributed by atoms with van der Waals surface area (Å²) >= 11 is 6.07.